The van der Waals surface area contributed by atoms with Gasteiger partial charge in [-0.1, -0.05) is 0 Å². The Kier molecular flexibility index (Phi) is 2.39. The molecule has 2 aliphatic heterocycles. The molecule has 2 rings (SSSR count). The fraction of sp³-hybridized carbons (Fsp3) is 1.00. The second-order valence-corrected chi connectivity index (χ2v) is 4.80. The van der Waals surface area contributed by atoms with Gasteiger partial charge in [0.1, 0.15) is 0 Å². The minimum Gasteiger partial charge on any atom is -0.380 e. The van der Waals surface area contributed by atoms with Crippen molar-refractivity contribution < 1.29 is 9.47 Å². The molecule has 0 radical (unpaired) electrons. The van der Waals surface area contributed by atoms with E-state index in [1.807, 2.05) is 11.8 Å². The van der Waals surface area contributed by atoms with Gasteiger partial charge in [-0.15, -0.1) is 0 Å². The third-order valence-corrected chi connectivity index (χ3v) is 3.73. The summed E-state index contributed by atoms with van der Waals surface area (Å²) in [6.07, 6.45) is 2.33. The van der Waals surface area contributed by atoms with E-state index in [0.29, 0.717) is 4.75 Å². The van der Waals surface area contributed by atoms with Crippen LogP contribution in [-0.4, -0.2) is 36.9 Å². The Balaban J connectivity index is 1.86. The maximum absolute atomic E-state index is 5.53. The molecule has 2 heterocycles. The average molecular weight is 174 g/mol. The van der Waals surface area contributed by atoms with Crippen molar-refractivity contribution in [2.75, 3.05) is 32.2 Å². The lowest BCUT2D eigenvalue weighted by Crippen LogP contribution is -2.45. The van der Waals surface area contributed by atoms with E-state index in [-0.39, 0.29) is 0 Å². The number of rotatable bonds is 0. The smallest absolute Gasteiger partial charge is 0.0635 e. The summed E-state index contributed by atoms with van der Waals surface area (Å²) in [7, 11) is 0. The van der Waals surface area contributed by atoms with Gasteiger partial charge >= 0.3 is 0 Å². The topological polar surface area (TPSA) is 18.5 Å². The van der Waals surface area contributed by atoms with Gasteiger partial charge in [-0.3, -0.25) is 0 Å². The van der Waals surface area contributed by atoms with Crippen LogP contribution in [0.1, 0.15) is 12.8 Å². The van der Waals surface area contributed by atoms with Gasteiger partial charge in [0.2, 0.25) is 0 Å². The van der Waals surface area contributed by atoms with Crippen LogP contribution in [0, 0.1) is 0 Å². The molecule has 2 saturated heterocycles. The zero-order chi connectivity index (χ0) is 7.57. The first-order valence-corrected chi connectivity index (χ1v) is 5.19. The van der Waals surface area contributed by atoms with Crippen molar-refractivity contribution in [2.24, 2.45) is 0 Å². The lowest BCUT2D eigenvalue weighted by molar-refractivity contribution is 0.00844. The molecule has 0 aromatic carbocycles. The highest BCUT2D eigenvalue weighted by Gasteiger charge is 2.39. The Morgan fingerprint density at radius 1 is 1.09 bits per heavy atom. The van der Waals surface area contributed by atoms with Crippen LogP contribution in [0.2, 0.25) is 0 Å². The number of ether oxygens (including phenoxy) is 2. The van der Waals surface area contributed by atoms with Gasteiger partial charge in [0.25, 0.3) is 0 Å². The Bertz CT molecular complexity index is 124. The number of thioether (sulfide) groups is 1. The highest BCUT2D eigenvalue weighted by molar-refractivity contribution is 8.02. The van der Waals surface area contributed by atoms with Crippen molar-refractivity contribution in [3.63, 3.8) is 0 Å². The fourth-order valence-electron chi connectivity index (χ4n) is 1.44. The highest BCUT2D eigenvalue weighted by atomic mass is 32.2. The van der Waals surface area contributed by atoms with Crippen LogP contribution in [0.5, 0.6) is 0 Å². The fourth-order valence-corrected chi connectivity index (χ4v) is 2.55. The highest BCUT2D eigenvalue weighted by Crippen LogP contribution is 2.41. The summed E-state index contributed by atoms with van der Waals surface area (Å²) in [5.41, 5.74) is 0. The van der Waals surface area contributed by atoms with Gasteiger partial charge in [-0.25, -0.2) is 0 Å². The maximum atomic E-state index is 5.53. The van der Waals surface area contributed by atoms with Crippen LogP contribution in [0.3, 0.4) is 0 Å². The molecular formula is C8H14O2S. The second-order valence-electron chi connectivity index (χ2n) is 3.24. The van der Waals surface area contributed by atoms with E-state index in [2.05, 4.69) is 0 Å². The summed E-state index contributed by atoms with van der Waals surface area (Å²) in [5.74, 6) is 1.28. The third-order valence-electron chi connectivity index (χ3n) is 2.27. The Morgan fingerprint density at radius 3 is 2.18 bits per heavy atom. The van der Waals surface area contributed by atoms with Crippen molar-refractivity contribution in [1.82, 2.24) is 0 Å². The lowest BCUT2D eigenvalue weighted by Gasteiger charge is -2.41. The molecule has 0 bridgehead atoms. The zero-order valence-electron chi connectivity index (χ0n) is 6.67. The summed E-state index contributed by atoms with van der Waals surface area (Å²) in [4.78, 5) is 0. The van der Waals surface area contributed by atoms with Gasteiger partial charge in [-0.05, 0) is 18.6 Å². The van der Waals surface area contributed by atoms with Crippen molar-refractivity contribution in [1.29, 1.82) is 0 Å². The zero-order valence-corrected chi connectivity index (χ0v) is 7.49. The summed E-state index contributed by atoms with van der Waals surface area (Å²) >= 11 is 2.00. The molecule has 1 spiro atoms. The Labute approximate surface area is 71.6 Å². The molecule has 64 valence electrons. The molecule has 3 heteroatoms. The van der Waals surface area contributed by atoms with E-state index in [4.69, 9.17) is 9.47 Å². The maximum Gasteiger partial charge on any atom is 0.0635 e. The average Bonchev–Trinajstić information content (AvgIpc) is 1.82. The van der Waals surface area contributed by atoms with Crippen molar-refractivity contribution >= 4 is 11.8 Å². The molecule has 0 N–H and O–H groups in total. The molecule has 0 aliphatic carbocycles. The summed E-state index contributed by atoms with van der Waals surface area (Å²) in [6, 6.07) is 0. The van der Waals surface area contributed by atoms with Gasteiger partial charge in [0.05, 0.1) is 18.0 Å². The van der Waals surface area contributed by atoms with Crippen molar-refractivity contribution in [3.8, 4) is 0 Å². The predicted molar refractivity (Wildman–Crippen MR) is 46.1 cm³/mol. The molecule has 2 nitrogen and oxygen atoms in total. The number of hydrogen-bond donors (Lipinski definition) is 0. The van der Waals surface area contributed by atoms with E-state index in [1.165, 1.54) is 12.2 Å². The molecule has 0 atom stereocenters. The molecule has 0 saturated carbocycles. The Hall–Kier alpha value is 0.270. The molecule has 0 aromatic heterocycles. The van der Waals surface area contributed by atoms with Crippen LogP contribution >= 0.6 is 11.8 Å². The van der Waals surface area contributed by atoms with E-state index in [0.717, 1.165) is 32.8 Å². The van der Waals surface area contributed by atoms with Crippen LogP contribution in [0.4, 0.5) is 0 Å². The van der Waals surface area contributed by atoms with Crippen LogP contribution in [-0.2, 0) is 9.47 Å². The van der Waals surface area contributed by atoms with Gasteiger partial charge in [-0.2, -0.15) is 11.8 Å². The number of hydrogen-bond acceptors (Lipinski definition) is 3. The standard InChI is InChI=1S/C8H14O2S/c1-3-9-6-8(2-5-11-8)7-10-4-1/h1-7H2. The van der Waals surface area contributed by atoms with Crippen molar-refractivity contribution in [2.45, 2.75) is 17.6 Å². The summed E-state index contributed by atoms with van der Waals surface area (Å²) in [6.45, 7) is 3.56. The second kappa shape index (κ2) is 3.33. The van der Waals surface area contributed by atoms with Gasteiger partial charge in [0.15, 0.2) is 0 Å². The normalized spacial score (nSPS) is 30.5. The molecule has 2 fully saturated rings. The third kappa shape index (κ3) is 1.71. The predicted octanol–water partition coefficient (Wildman–Crippen LogP) is 1.30. The van der Waals surface area contributed by atoms with Gasteiger partial charge in [0, 0.05) is 13.2 Å². The van der Waals surface area contributed by atoms with E-state index < -0.39 is 0 Å². The molecule has 0 unspecified atom stereocenters. The molecule has 2 aliphatic rings. The van der Waals surface area contributed by atoms with Crippen LogP contribution in [0.15, 0.2) is 0 Å². The molecular weight excluding hydrogens is 160 g/mol. The Morgan fingerprint density at radius 2 is 1.73 bits per heavy atom. The quantitative estimate of drug-likeness (QED) is 0.551. The first-order valence-electron chi connectivity index (χ1n) is 4.21. The minimum atomic E-state index is 0.348. The van der Waals surface area contributed by atoms with E-state index >= 15 is 0 Å². The van der Waals surface area contributed by atoms with Gasteiger partial charge < -0.3 is 9.47 Å². The van der Waals surface area contributed by atoms with Crippen LogP contribution in [0.25, 0.3) is 0 Å². The summed E-state index contributed by atoms with van der Waals surface area (Å²) < 4.78 is 11.4. The van der Waals surface area contributed by atoms with Crippen LogP contribution < -0.4 is 0 Å². The monoisotopic (exact) mass is 174 g/mol. The largest absolute Gasteiger partial charge is 0.380 e. The lowest BCUT2D eigenvalue weighted by atomic mass is 10.1. The van der Waals surface area contributed by atoms with E-state index in [1.54, 1.807) is 0 Å². The minimum absolute atomic E-state index is 0.348. The molecule has 11 heavy (non-hydrogen) atoms. The summed E-state index contributed by atoms with van der Waals surface area (Å²) in [5, 5.41) is 0. The first kappa shape index (κ1) is 7.90. The molecule has 0 amide bonds. The first-order chi connectivity index (χ1) is 5.41. The molecule has 0 aromatic rings. The van der Waals surface area contributed by atoms with Crippen molar-refractivity contribution in [3.05, 3.63) is 0 Å². The van der Waals surface area contributed by atoms with E-state index in [9.17, 15) is 0 Å². The SMILES string of the molecule is C1COCC2(CCS2)COC1.